The molecule has 0 unspecified atom stereocenters. The van der Waals surface area contributed by atoms with E-state index in [-0.39, 0.29) is 16.9 Å². The highest BCUT2D eigenvalue weighted by Crippen LogP contribution is 2.30. The standard InChI is InChI=1S/C20H30N2O4S/c1-3-21-27(24,25)17-10-9-15(2)18(13-17)20(23)22-11-12-26-19(14-22)16-7-5-4-6-8-16/h9-10,13,16,19,21H,3-8,11-12,14H2,1-2H3/t19-/m0/s1. The van der Waals surface area contributed by atoms with Crippen molar-refractivity contribution in [3.8, 4) is 0 Å². The number of benzene rings is 1. The molecule has 0 spiro atoms. The molecule has 6 nitrogen and oxygen atoms in total. The molecule has 1 saturated heterocycles. The van der Waals surface area contributed by atoms with Gasteiger partial charge >= 0.3 is 0 Å². The third-order valence-corrected chi connectivity index (χ3v) is 7.18. The van der Waals surface area contributed by atoms with E-state index in [4.69, 9.17) is 4.74 Å². The van der Waals surface area contributed by atoms with Crippen molar-refractivity contribution in [2.24, 2.45) is 5.92 Å². The number of hydrogen-bond acceptors (Lipinski definition) is 4. The Morgan fingerprint density at radius 1 is 1.26 bits per heavy atom. The molecular weight excluding hydrogens is 364 g/mol. The number of nitrogens with zero attached hydrogens (tertiary/aromatic N) is 1. The van der Waals surface area contributed by atoms with Gasteiger partial charge in [0, 0.05) is 25.2 Å². The number of amides is 1. The summed E-state index contributed by atoms with van der Waals surface area (Å²) in [5.41, 5.74) is 1.24. The summed E-state index contributed by atoms with van der Waals surface area (Å²) in [6.07, 6.45) is 6.20. The lowest BCUT2D eigenvalue weighted by Crippen LogP contribution is -2.48. The summed E-state index contributed by atoms with van der Waals surface area (Å²) in [4.78, 5) is 15.1. The summed E-state index contributed by atoms with van der Waals surface area (Å²) in [6, 6.07) is 4.76. The van der Waals surface area contributed by atoms with Crippen LogP contribution in [0.2, 0.25) is 0 Å². The van der Waals surface area contributed by atoms with E-state index >= 15 is 0 Å². The van der Waals surface area contributed by atoms with Crippen LogP contribution in [0.5, 0.6) is 0 Å². The predicted molar refractivity (Wildman–Crippen MR) is 104 cm³/mol. The van der Waals surface area contributed by atoms with Gasteiger partial charge in [0.05, 0.1) is 17.6 Å². The van der Waals surface area contributed by atoms with Crippen LogP contribution in [0, 0.1) is 12.8 Å². The van der Waals surface area contributed by atoms with Crippen LogP contribution >= 0.6 is 0 Å². The summed E-state index contributed by atoms with van der Waals surface area (Å²) in [6.45, 7) is 5.57. The zero-order chi connectivity index (χ0) is 19.4. The second kappa shape index (κ2) is 8.71. The Bertz CT molecular complexity index is 772. The molecule has 150 valence electrons. The number of rotatable bonds is 5. The summed E-state index contributed by atoms with van der Waals surface area (Å²) in [7, 11) is -3.59. The van der Waals surface area contributed by atoms with Crippen molar-refractivity contribution in [3.05, 3.63) is 29.3 Å². The molecule has 1 amide bonds. The minimum atomic E-state index is -3.59. The van der Waals surface area contributed by atoms with Gasteiger partial charge in [-0.2, -0.15) is 0 Å². The van der Waals surface area contributed by atoms with Gasteiger partial charge in [0.15, 0.2) is 0 Å². The van der Waals surface area contributed by atoms with Crippen molar-refractivity contribution in [2.45, 2.75) is 57.0 Å². The number of sulfonamides is 1. The minimum absolute atomic E-state index is 0.0944. The zero-order valence-corrected chi connectivity index (χ0v) is 17.1. The molecule has 1 heterocycles. The first-order chi connectivity index (χ1) is 12.9. The number of carbonyl (C=O) groups excluding carboxylic acids is 1. The summed E-state index contributed by atoms with van der Waals surface area (Å²) >= 11 is 0. The second-order valence-corrected chi connectivity index (χ2v) is 9.30. The van der Waals surface area contributed by atoms with Gasteiger partial charge < -0.3 is 9.64 Å². The number of aryl methyl sites for hydroxylation is 1. The fourth-order valence-electron chi connectivity index (χ4n) is 4.09. The van der Waals surface area contributed by atoms with Crippen molar-refractivity contribution in [2.75, 3.05) is 26.2 Å². The Morgan fingerprint density at radius 2 is 2.00 bits per heavy atom. The Kier molecular flexibility index (Phi) is 6.55. The molecule has 1 aliphatic heterocycles. The van der Waals surface area contributed by atoms with Crippen LogP contribution in [0.3, 0.4) is 0 Å². The maximum absolute atomic E-state index is 13.1. The van der Waals surface area contributed by atoms with E-state index in [1.54, 1.807) is 19.1 Å². The van der Waals surface area contributed by atoms with E-state index in [0.717, 1.165) is 5.56 Å². The highest BCUT2D eigenvalue weighted by atomic mass is 32.2. The minimum Gasteiger partial charge on any atom is -0.374 e. The lowest BCUT2D eigenvalue weighted by atomic mass is 9.84. The first-order valence-electron chi connectivity index (χ1n) is 9.93. The van der Waals surface area contributed by atoms with Gasteiger partial charge in [-0.1, -0.05) is 32.3 Å². The van der Waals surface area contributed by atoms with E-state index in [2.05, 4.69) is 4.72 Å². The Balaban J connectivity index is 1.78. The number of carbonyl (C=O) groups is 1. The average molecular weight is 395 g/mol. The van der Waals surface area contributed by atoms with Crippen LogP contribution in [0.4, 0.5) is 0 Å². The van der Waals surface area contributed by atoms with Crippen LogP contribution < -0.4 is 4.72 Å². The largest absolute Gasteiger partial charge is 0.374 e. The van der Waals surface area contributed by atoms with Crippen LogP contribution in [0.1, 0.15) is 54.9 Å². The SMILES string of the molecule is CCNS(=O)(=O)c1ccc(C)c(C(=O)N2CCO[C@H](C3CCCCC3)C2)c1. The van der Waals surface area contributed by atoms with E-state index in [1.165, 1.54) is 38.2 Å². The predicted octanol–water partition coefficient (Wildman–Crippen LogP) is 2.71. The maximum Gasteiger partial charge on any atom is 0.254 e. The fraction of sp³-hybridized carbons (Fsp3) is 0.650. The van der Waals surface area contributed by atoms with E-state index in [0.29, 0.717) is 37.7 Å². The first kappa shape index (κ1) is 20.3. The van der Waals surface area contributed by atoms with Crippen LogP contribution in [-0.2, 0) is 14.8 Å². The summed E-state index contributed by atoms with van der Waals surface area (Å²) in [5, 5.41) is 0. The monoisotopic (exact) mass is 394 g/mol. The number of hydrogen-bond donors (Lipinski definition) is 1. The Hall–Kier alpha value is -1.44. The molecule has 1 atom stereocenters. The molecule has 1 aromatic carbocycles. The molecular formula is C20H30N2O4S. The quantitative estimate of drug-likeness (QED) is 0.833. The molecule has 7 heteroatoms. The van der Waals surface area contributed by atoms with Gasteiger partial charge in [-0.05, 0) is 43.4 Å². The molecule has 1 aliphatic carbocycles. The smallest absolute Gasteiger partial charge is 0.254 e. The van der Waals surface area contributed by atoms with E-state index < -0.39 is 10.0 Å². The van der Waals surface area contributed by atoms with Gasteiger partial charge in [0.25, 0.3) is 5.91 Å². The third-order valence-electron chi connectivity index (χ3n) is 5.64. The van der Waals surface area contributed by atoms with E-state index in [9.17, 15) is 13.2 Å². The highest BCUT2D eigenvalue weighted by Gasteiger charge is 2.32. The molecule has 0 radical (unpaired) electrons. The lowest BCUT2D eigenvalue weighted by Gasteiger charge is -2.38. The topological polar surface area (TPSA) is 75.7 Å². The zero-order valence-electron chi connectivity index (χ0n) is 16.2. The normalized spacial score (nSPS) is 22.0. The van der Waals surface area contributed by atoms with Crippen molar-refractivity contribution in [1.29, 1.82) is 0 Å². The van der Waals surface area contributed by atoms with Gasteiger partial charge in [-0.25, -0.2) is 13.1 Å². The fourth-order valence-corrected chi connectivity index (χ4v) is 5.16. The van der Waals surface area contributed by atoms with E-state index in [1.807, 2.05) is 11.8 Å². The molecule has 0 aromatic heterocycles. The number of ether oxygens (including phenoxy) is 1. The van der Waals surface area contributed by atoms with Crippen LogP contribution in [0.25, 0.3) is 0 Å². The van der Waals surface area contributed by atoms with Gasteiger partial charge in [0.2, 0.25) is 10.0 Å². The summed E-state index contributed by atoms with van der Waals surface area (Å²) < 4.78 is 33.0. The Labute approximate surface area is 162 Å². The molecule has 3 rings (SSSR count). The van der Waals surface area contributed by atoms with Gasteiger partial charge in [0.1, 0.15) is 0 Å². The molecule has 2 fully saturated rings. The molecule has 1 N–H and O–H groups in total. The van der Waals surface area contributed by atoms with Crippen LogP contribution in [-0.4, -0.2) is 51.6 Å². The van der Waals surface area contributed by atoms with Crippen molar-refractivity contribution < 1.29 is 17.9 Å². The average Bonchev–Trinajstić information content (AvgIpc) is 2.68. The molecule has 0 bridgehead atoms. The van der Waals surface area contributed by atoms with Crippen LogP contribution in [0.15, 0.2) is 23.1 Å². The Morgan fingerprint density at radius 3 is 2.70 bits per heavy atom. The highest BCUT2D eigenvalue weighted by molar-refractivity contribution is 7.89. The molecule has 2 aliphatic rings. The summed E-state index contributed by atoms with van der Waals surface area (Å²) in [5.74, 6) is 0.418. The maximum atomic E-state index is 13.1. The lowest BCUT2D eigenvalue weighted by molar-refractivity contribution is -0.0562. The number of nitrogens with one attached hydrogen (secondary N) is 1. The number of morpholine rings is 1. The molecule has 27 heavy (non-hydrogen) atoms. The molecule has 1 aromatic rings. The first-order valence-corrected chi connectivity index (χ1v) is 11.4. The van der Waals surface area contributed by atoms with Crippen molar-refractivity contribution >= 4 is 15.9 Å². The second-order valence-electron chi connectivity index (χ2n) is 7.54. The van der Waals surface area contributed by atoms with Gasteiger partial charge in [-0.3, -0.25) is 4.79 Å². The van der Waals surface area contributed by atoms with Gasteiger partial charge in [-0.15, -0.1) is 0 Å². The van der Waals surface area contributed by atoms with Crippen molar-refractivity contribution in [1.82, 2.24) is 9.62 Å². The molecule has 1 saturated carbocycles. The third kappa shape index (κ3) is 4.70. The van der Waals surface area contributed by atoms with Crippen molar-refractivity contribution in [3.63, 3.8) is 0 Å².